The van der Waals surface area contributed by atoms with E-state index in [9.17, 15) is 0 Å². The minimum atomic E-state index is 0.765. The van der Waals surface area contributed by atoms with E-state index in [0.29, 0.717) is 0 Å². The third-order valence-electron chi connectivity index (χ3n) is 3.06. The molecule has 0 unspecified atom stereocenters. The standard InChI is InChI=1S/C14H15N5/c1-3-12-13(9-19(2)18-12)16-14-11-7-5-4-6-10(11)8-15-17-14/h4-9H,3H2,1-2H3,(H,16,17). The molecule has 0 amide bonds. The van der Waals surface area contributed by atoms with E-state index in [1.807, 2.05) is 37.5 Å². The largest absolute Gasteiger partial charge is 0.335 e. The third-order valence-corrected chi connectivity index (χ3v) is 3.06. The molecule has 0 saturated heterocycles. The molecule has 0 atom stereocenters. The first kappa shape index (κ1) is 11.6. The number of nitrogens with one attached hydrogen (secondary N) is 1. The number of nitrogens with zero attached hydrogens (tertiary/aromatic N) is 4. The molecule has 0 fully saturated rings. The fourth-order valence-corrected chi connectivity index (χ4v) is 2.15. The van der Waals surface area contributed by atoms with E-state index in [-0.39, 0.29) is 0 Å². The minimum Gasteiger partial charge on any atom is -0.335 e. The Kier molecular flexibility index (Phi) is 2.87. The zero-order valence-electron chi connectivity index (χ0n) is 11.0. The van der Waals surface area contributed by atoms with Gasteiger partial charge in [0.15, 0.2) is 5.82 Å². The van der Waals surface area contributed by atoms with E-state index in [1.54, 1.807) is 10.9 Å². The molecule has 1 aromatic carbocycles. The van der Waals surface area contributed by atoms with E-state index in [1.165, 1.54) is 0 Å². The van der Waals surface area contributed by atoms with E-state index >= 15 is 0 Å². The van der Waals surface area contributed by atoms with Gasteiger partial charge in [-0.05, 0) is 6.42 Å². The van der Waals surface area contributed by atoms with Crippen molar-refractivity contribution in [2.75, 3.05) is 5.32 Å². The molecule has 5 heteroatoms. The van der Waals surface area contributed by atoms with Gasteiger partial charge < -0.3 is 5.32 Å². The summed E-state index contributed by atoms with van der Waals surface area (Å²) in [6.45, 7) is 2.09. The van der Waals surface area contributed by atoms with Crippen molar-refractivity contribution in [3.8, 4) is 0 Å². The fourth-order valence-electron chi connectivity index (χ4n) is 2.15. The molecule has 0 aliphatic rings. The van der Waals surface area contributed by atoms with Crippen molar-refractivity contribution in [3.05, 3.63) is 42.4 Å². The topological polar surface area (TPSA) is 55.6 Å². The predicted molar refractivity (Wildman–Crippen MR) is 75.4 cm³/mol. The van der Waals surface area contributed by atoms with E-state index in [4.69, 9.17) is 0 Å². The van der Waals surface area contributed by atoms with Gasteiger partial charge in [0.2, 0.25) is 0 Å². The van der Waals surface area contributed by atoms with Gasteiger partial charge in [-0.25, -0.2) is 0 Å². The third kappa shape index (κ3) is 2.14. The van der Waals surface area contributed by atoms with Crippen LogP contribution in [0.3, 0.4) is 0 Å². The molecule has 0 radical (unpaired) electrons. The molecule has 1 N–H and O–H groups in total. The van der Waals surface area contributed by atoms with Crippen LogP contribution in [0.5, 0.6) is 0 Å². The predicted octanol–water partition coefficient (Wildman–Crippen LogP) is 2.67. The lowest BCUT2D eigenvalue weighted by Crippen LogP contribution is -1.98. The molecule has 2 aromatic heterocycles. The molecular formula is C14H15N5. The number of aromatic nitrogens is 4. The number of aryl methyl sites for hydroxylation is 2. The smallest absolute Gasteiger partial charge is 0.161 e. The molecular weight excluding hydrogens is 238 g/mol. The molecule has 0 bridgehead atoms. The average Bonchev–Trinajstić information content (AvgIpc) is 2.79. The van der Waals surface area contributed by atoms with Crippen molar-refractivity contribution in [2.24, 2.45) is 7.05 Å². The molecule has 3 aromatic rings. The minimum absolute atomic E-state index is 0.765. The normalized spacial score (nSPS) is 10.8. The van der Waals surface area contributed by atoms with E-state index in [0.717, 1.165) is 34.4 Å². The Morgan fingerprint density at radius 3 is 2.95 bits per heavy atom. The molecule has 19 heavy (non-hydrogen) atoms. The van der Waals surface area contributed by atoms with E-state index in [2.05, 4.69) is 27.5 Å². The molecule has 0 aliphatic heterocycles. The van der Waals surface area contributed by atoms with Crippen LogP contribution in [-0.4, -0.2) is 20.0 Å². The first-order valence-electron chi connectivity index (χ1n) is 6.28. The molecule has 0 spiro atoms. The first-order chi connectivity index (χ1) is 9.28. The highest BCUT2D eigenvalue weighted by Gasteiger charge is 2.09. The molecule has 0 saturated carbocycles. The molecule has 2 heterocycles. The van der Waals surface area contributed by atoms with Gasteiger partial charge in [0.1, 0.15) is 0 Å². The Hall–Kier alpha value is -2.43. The summed E-state index contributed by atoms with van der Waals surface area (Å²) in [6.07, 6.45) is 4.61. The molecule has 0 aliphatic carbocycles. The number of anilines is 2. The number of benzene rings is 1. The van der Waals surface area contributed by atoms with Crippen molar-refractivity contribution in [2.45, 2.75) is 13.3 Å². The highest BCUT2D eigenvalue weighted by molar-refractivity contribution is 5.92. The highest BCUT2D eigenvalue weighted by Crippen LogP contribution is 2.24. The SMILES string of the molecule is CCc1nn(C)cc1Nc1nncc2ccccc12. The Balaban J connectivity index is 2.05. The lowest BCUT2D eigenvalue weighted by atomic mass is 10.2. The number of hydrogen-bond donors (Lipinski definition) is 1. The van der Waals surface area contributed by atoms with Crippen LogP contribution >= 0.6 is 0 Å². The van der Waals surface area contributed by atoms with Crippen LogP contribution in [0.4, 0.5) is 11.5 Å². The van der Waals surface area contributed by atoms with Crippen LogP contribution in [0.15, 0.2) is 36.7 Å². The second kappa shape index (κ2) is 4.68. The van der Waals surface area contributed by atoms with Crippen molar-refractivity contribution < 1.29 is 0 Å². The fraction of sp³-hybridized carbons (Fsp3) is 0.214. The monoisotopic (exact) mass is 253 g/mol. The number of hydrogen-bond acceptors (Lipinski definition) is 4. The van der Waals surface area contributed by atoms with Gasteiger partial charge in [-0.2, -0.15) is 10.2 Å². The first-order valence-corrected chi connectivity index (χ1v) is 6.28. The van der Waals surface area contributed by atoms with Crippen LogP contribution in [0.25, 0.3) is 10.8 Å². The quantitative estimate of drug-likeness (QED) is 0.779. The van der Waals surface area contributed by atoms with Gasteiger partial charge in [-0.3, -0.25) is 4.68 Å². The van der Waals surface area contributed by atoms with Crippen molar-refractivity contribution in [1.82, 2.24) is 20.0 Å². The zero-order valence-corrected chi connectivity index (χ0v) is 11.0. The van der Waals surface area contributed by atoms with Crippen LogP contribution in [0.1, 0.15) is 12.6 Å². The van der Waals surface area contributed by atoms with Gasteiger partial charge in [0.05, 0.1) is 17.6 Å². The number of rotatable bonds is 3. The summed E-state index contributed by atoms with van der Waals surface area (Å²) in [5.41, 5.74) is 2.01. The molecule has 3 rings (SSSR count). The van der Waals surface area contributed by atoms with Crippen LogP contribution in [0.2, 0.25) is 0 Å². The van der Waals surface area contributed by atoms with Crippen molar-refractivity contribution in [1.29, 1.82) is 0 Å². The summed E-state index contributed by atoms with van der Waals surface area (Å²) in [5, 5.41) is 18.1. The molecule has 96 valence electrons. The van der Waals surface area contributed by atoms with Gasteiger partial charge >= 0.3 is 0 Å². The summed E-state index contributed by atoms with van der Waals surface area (Å²) in [4.78, 5) is 0. The summed E-state index contributed by atoms with van der Waals surface area (Å²) >= 11 is 0. The summed E-state index contributed by atoms with van der Waals surface area (Å²) in [7, 11) is 1.92. The lowest BCUT2D eigenvalue weighted by molar-refractivity contribution is 0.746. The van der Waals surface area contributed by atoms with Crippen LogP contribution in [0, 0.1) is 0 Å². The maximum Gasteiger partial charge on any atom is 0.161 e. The second-order valence-electron chi connectivity index (χ2n) is 4.42. The highest BCUT2D eigenvalue weighted by atomic mass is 15.3. The maximum absolute atomic E-state index is 4.41. The van der Waals surface area contributed by atoms with Gasteiger partial charge in [0.25, 0.3) is 0 Å². The Morgan fingerprint density at radius 2 is 2.11 bits per heavy atom. The summed E-state index contributed by atoms with van der Waals surface area (Å²) in [5.74, 6) is 0.765. The molecule has 5 nitrogen and oxygen atoms in total. The van der Waals surface area contributed by atoms with Crippen LogP contribution in [-0.2, 0) is 13.5 Å². The summed E-state index contributed by atoms with van der Waals surface area (Å²) < 4.78 is 1.81. The number of fused-ring (bicyclic) bond motifs is 1. The Morgan fingerprint density at radius 1 is 1.26 bits per heavy atom. The lowest BCUT2D eigenvalue weighted by Gasteiger charge is -2.06. The Labute approximate surface area is 111 Å². The summed E-state index contributed by atoms with van der Waals surface area (Å²) in [6, 6.07) is 8.06. The van der Waals surface area contributed by atoms with Crippen molar-refractivity contribution in [3.63, 3.8) is 0 Å². The second-order valence-corrected chi connectivity index (χ2v) is 4.42. The maximum atomic E-state index is 4.41. The van der Waals surface area contributed by atoms with Crippen LogP contribution < -0.4 is 5.32 Å². The van der Waals surface area contributed by atoms with Gasteiger partial charge in [0, 0.05) is 24.0 Å². The van der Waals surface area contributed by atoms with Gasteiger partial charge in [-0.15, -0.1) is 5.10 Å². The van der Waals surface area contributed by atoms with Gasteiger partial charge in [-0.1, -0.05) is 31.2 Å². The zero-order chi connectivity index (χ0) is 13.2. The van der Waals surface area contributed by atoms with Crippen molar-refractivity contribution >= 4 is 22.3 Å². The van der Waals surface area contributed by atoms with E-state index < -0.39 is 0 Å². The Bertz CT molecular complexity index is 711. The average molecular weight is 253 g/mol.